The van der Waals surface area contributed by atoms with E-state index in [1.54, 1.807) is 0 Å². The molecule has 0 aliphatic rings. The van der Waals surface area contributed by atoms with Crippen molar-refractivity contribution in [3.05, 3.63) is 0 Å². The van der Waals surface area contributed by atoms with Crippen LogP contribution in [0.4, 0.5) is 0 Å². The third-order valence-electron chi connectivity index (χ3n) is 0.943. The molecule has 58 valence electrons. The summed E-state index contributed by atoms with van der Waals surface area (Å²) in [4.78, 5) is 20.4. The molecular weight excluding hydrogens is 177 g/mol. The van der Waals surface area contributed by atoms with Crippen LogP contribution in [0.2, 0.25) is 0 Å². The van der Waals surface area contributed by atoms with E-state index in [0.717, 1.165) is 0 Å². The monoisotopic (exact) mass is 183 g/mol. The predicted octanol–water partition coefficient (Wildman–Crippen LogP) is 0.625. The van der Waals surface area contributed by atoms with Crippen molar-refractivity contribution in [3.8, 4) is 0 Å². The van der Waals surface area contributed by atoms with Crippen LogP contribution < -0.4 is 5.73 Å². The van der Waals surface area contributed by atoms with Crippen molar-refractivity contribution in [1.29, 1.82) is 0 Å². The lowest BCUT2D eigenvalue weighted by Gasteiger charge is -2.01. The standard InChI is InChI=1S/C5H7Cl2NO2/c6-4(9)2-1-3(8)5(7)10/h3H,1-2,8H2. The molecule has 0 aliphatic heterocycles. The molecule has 10 heavy (non-hydrogen) atoms. The fourth-order valence-corrected chi connectivity index (χ4v) is 0.601. The normalized spacial score (nSPS) is 12.7. The largest absolute Gasteiger partial charge is 0.320 e. The molecule has 1 unspecified atom stereocenters. The van der Waals surface area contributed by atoms with Gasteiger partial charge in [-0.25, -0.2) is 0 Å². The summed E-state index contributed by atoms with van der Waals surface area (Å²) in [6.45, 7) is 0. The minimum absolute atomic E-state index is 0.0845. The van der Waals surface area contributed by atoms with Crippen molar-refractivity contribution in [2.45, 2.75) is 18.9 Å². The van der Waals surface area contributed by atoms with Gasteiger partial charge >= 0.3 is 0 Å². The fourth-order valence-electron chi connectivity index (χ4n) is 0.382. The van der Waals surface area contributed by atoms with Crippen LogP contribution in [-0.2, 0) is 9.59 Å². The minimum Gasteiger partial charge on any atom is -0.320 e. The molecule has 0 fully saturated rings. The second kappa shape index (κ2) is 4.66. The molecule has 0 heterocycles. The third-order valence-corrected chi connectivity index (χ3v) is 1.41. The van der Waals surface area contributed by atoms with Gasteiger partial charge in [-0.3, -0.25) is 9.59 Å². The zero-order chi connectivity index (χ0) is 8.15. The van der Waals surface area contributed by atoms with E-state index in [9.17, 15) is 9.59 Å². The van der Waals surface area contributed by atoms with Crippen molar-refractivity contribution < 1.29 is 9.59 Å². The van der Waals surface area contributed by atoms with E-state index >= 15 is 0 Å². The minimum atomic E-state index is -0.774. The summed E-state index contributed by atoms with van der Waals surface area (Å²) >= 11 is 9.97. The smallest absolute Gasteiger partial charge is 0.238 e. The van der Waals surface area contributed by atoms with Crippen LogP contribution >= 0.6 is 23.2 Å². The Bertz CT molecular complexity index is 149. The van der Waals surface area contributed by atoms with Crippen LogP contribution in [0.1, 0.15) is 12.8 Å². The highest BCUT2D eigenvalue weighted by molar-refractivity contribution is 6.65. The Morgan fingerprint density at radius 2 is 1.90 bits per heavy atom. The summed E-state index contributed by atoms with van der Waals surface area (Å²) in [5, 5.41) is -1.15. The average molecular weight is 184 g/mol. The lowest BCUT2D eigenvalue weighted by atomic mass is 10.2. The molecule has 0 radical (unpaired) electrons. The molecule has 0 bridgehead atoms. The lowest BCUT2D eigenvalue weighted by molar-refractivity contribution is -0.113. The number of hydrogen-bond acceptors (Lipinski definition) is 3. The first kappa shape index (κ1) is 9.88. The first-order valence-corrected chi connectivity index (χ1v) is 3.43. The molecule has 0 saturated heterocycles. The van der Waals surface area contributed by atoms with Crippen molar-refractivity contribution in [3.63, 3.8) is 0 Å². The Balaban J connectivity index is 3.49. The van der Waals surface area contributed by atoms with Crippen LogP contribution in [0, 0.1) is 0 Å². The molecule has 0 aliphatic carbocycles. The molecule has 0 saturated carbocycles. The Labute approximate surface area is 68.5 Å². The maximum Gasteiger partial charge on any atom is 0.238 e. The van der Waals surface area contributed by atoms with Crippen LogP contribution in [0.25, 0.3) is 0 Å². The van der Waals surface area contributed by atoms with Crippen LogP contribution in [0.3, 0.4) is 0 Å². The fraction of sp³-hybridized carbons (Fsp3) is 0.600. The molecule has 0 aromatic rings. The molecule has 0 rings (SSSR count). The summed E-state index contributed by atoms with van der Waals surface area (Å²) in [6, 6.07) is -0.774. The van der Waals surface area contributed by atoms with E-state index < -0.39 is 16.5 Å². The van der Waals surface area contributed by atoms with Crippen molar-refractivity contribution >= 4 is 33.7 Å². The van der Waals surface area contributed by atoms with E-state index in [-0.39, 0.29) is 12.8 Å². The molecule has 2 N–H and O–H groups in total. The second-order valence-electron chi connectivity index (χ2n) is 1.80. The Morgan fingerprint density at radius 3 is 2.20 bits per heavy atom. The van der Waals surface area contributed by atoms with Gasteiger partial charge in [-0.15, -0.1) is 0 Å². The molecule has 0 aromatic heterocycles. The predicted molar refractivity (Wildman–Crippen MR) is 38.9 cm³/mol. The van der Waals surface area contributed by atoms with Gasteiger partial charge in [0.2, 0.25) is 10.5 Å². The third kappa shape index (κ3) is 4.73. The molecule has 3 nitrogen and oxygen atoms in total. The second-order valence-corrected chi connectivity index (χ2v) is 2.60. The zero-order valence-electron chi connectivity index (χ0n) is 5.14. The maximum atomic E-state index is 10.2. The summed E-state index contributed by atoms with van der Waals surface area (Å²) in [5.74, 6) is 0. The number of rotatable bonds is 4. The van der Waals surface area contributed by atoms with Gasteiger partial charge in [0.05, 0.1) is 6.04 Å². The summed E-state index contributed by atoms with van der Waals surface area (Å²) in [5.41, 5.74) is 5.17. The summed E-state index contributed by atoms with van der Waals surface area (Å²) < 4.78 is 0. The van der Waals surface area contributed by atoms with Crippen LogP contribution in [0.5, 0.6) is 0 Å². The molecular formula is C5H7Cl2NO2. The first-order valence-electron chi connectivity index (χ1n) is 2.67. The van der Waals surface area contributed by atoms with E-state index in [4.69, 9.17) is 28.9 Å². The number of nitrogens with two attached hydrogens (primary N) is 1. The number of carbonyl (C=O) groups excluding carboxylic acids is 2. The molecule has 0 amide bonds. The van der Waals surface area contributed by atoms with Gasteiger partial charge in [-0.05, 0) is 29.6 Å². The van der Waals surface area contributed by atoms with E-state index in [1.165, 1.54) is 0 Å². The van der Waals surface area contributed by atoms with E-state index in [1.807, 2.05) is 0 Å². The highest BCUT2D eigenvalue weighted by Gasteiger charge is 2.10. The number of hydrogen-bond donors (Lipinski definition) is 1. The average Bonchev–Trinajstić information content (AvgIpc) is 1.82. The summed E-state index contributed by atoms with van der Waals surface area (Å²) in [6.07, 6.45) is 0.297. The Hall–Kier alpha value is -0.120. The van der Waals surface area contributed by atoms with E-state index in [2.05, 4.69) is 0 Å². The van der Waals surface area contributed by atoms with Crippen LogP contribution in [0.15, 0.2) is 0 Å². The van der Waals surface area contributed by atoms with Crippen molar-refractivity contribution in [2.24, 2.45) is 5.73 Å². The highest BCUT2D eigenvalue weighted by Crippen LogP contribution is 2.00. The van der Waals surface area contributed by atoms with E-state index in [0.29, 0.717) is 0 Å². The van der Waals surface area contributed by atoms with Gasteiger partial charge in [0.15, 0.2) is 0 Å². The van der Waals surface area contributed by atoms with Gasteiger partial charge in [0.1, 0.15) is 0 Å². The highest BCUT2D eigenvalue weighted by atomic mass is 35.5. The number of carbonyl (C=O) groups is 2. The van der Waals surface area contributed by atoms with Crippen molar-refractivity contribution in [1.82, 2.24) is 0 Å². The summed E-state index contributed by atoms with van der Waals surface area (Å²) in [7, 11) is 0. The topological polar surface area (TPSA) is 60.2 Å². The lowest BCUT2D eigenvalue weighted by Crippen LogP contribution is -2.26. The van der Waals surface area contributed by atoms with Crippen molar-refractivity contribution in [2.75, 3.05) is 0 Å². The molecule has 0 aromatic carbocycles. The Morgan fingerprint density at radius 1 is 1.40 bits per heavy atom. The molecule has 1 atom stereocenters. The van der Waals surface area contributed by atoms with Gasteiger partial charge < -0.3 is 5.73 Å². The molecule has 0 spiro atoms. The molecule has 5 heteroatoms. The van der Waals surface area contributed by atoms with Gasteiger partial charge in [-0.1, -0.05) is 0 Å². The van der Waals surface area contributed by atoms with Gasteiger partial charge in [0, 0.05) is 6.42 Å². The van der Waals surface area contributed by atoms with Gasteiger partial charge in [-0.2, -0.15) is 0 Å². The number of halogens is 2. The quantitative estimate of drug-likeness (QED) is 0.651. The zero-order valence-corrected chi connectivity index (χ0v) is 6.65. The SMILES string of the molecule is NC(CCC(=O)Cl)C(=O)Cl. The van der Waals surface area contributed by atoms with Crippen LogP contribution in [-0.4, -0.2) is 16.5 Å². The maximum absolute atomic E-state index is 10.2. The van der Waals surface area contributed by atoms with Gasteiger partial charge in [0.25, 0.3) is 0 Å². The Kier molecular flexibility index (Phi) is 4.60. The first-order chi connectivity index (χ1) is 4.54.